The van der Waals surface area contributed by atoms with E-state index in [2.05, 4.69) is 9.97 Å². The number of nitrogens with zero attached hydrogens (tertiary/aromatic N) is 2. The molecule has 0 amide bonds. The maximum atomic E-state index is 12.7. The van der Waals surface area contributed by atoms with Crippen LogP contribution in [0.2, 0.25) is 0 Å². The predicted octanol–water partition coefficient (Wildman–Crippen LogP) is 2.57. The lowest BCUT2D eigenvalue weighted by Gasteiger charge is -1.98. The van der Waals surface area contributed by atoms with Gasteiger partial charge in [-0.25, -0.2) is 17.6 Å². The highest BCUT2D eigenvalue weighted by Gasteiger charge is 2.03. The number of hydrogen-bond donors (Lipinski definition) is 2. The van der Waals surface area contributed by atoms with Crippen LogP contribution in [0.15, 0.2) is 24.5 Å². The van der Waals surface area contributed by atoms with E-state index in [1.165, 1.54) is 0 Å². The van der Waals surface area contributed by atoms with Crippen molar-refractivity contribution in [2.45, 2.75) is 12.8 Å². The Hall–Kier alpha value is -1.48. The third kappa shape index (κ3) is 8.39. The summed E-state index contributed by atoms with van der Waals surface area (Å²) in [6, 6.07) is 1.61. The molecular formula is C14H18Cl2F4N4. The topological polar surface area (TPSA) is 77.8 Å². The van der Waals surface area contributed by atoms with Crippen LogP contribution in [0.5, 0.6) is 0 Å². The molecule has 2 aromatic rings. The predicted molar refractivity (Wildman–Crippen MR) is 88.3 cm³/mol. The fourth-order valence-electron chi connectivity index (χ4n) is 1.53. The Morgan fingerprint density at radius 2 is 1.04 bits per heavy atom. The molecule has 0 fully saturated rings. The number of hydrogen-bond acceptors (Lipinski definition) is 4. The molecule has 0 atom stereocenters. The zero-order chi connectivity index (χ0) is 16.5. The van der Waals surface area contributed by atoms with Crippen molar-refractivity contribution in [3.63, 3.8) is 0 Å². The summed E-state index contributed by atoms with van der Waals surface area (Å²) in [5, 5.41) is 0. The molecule has 0 radical (unpaired) electrons. The Morgan fingerprint density at radius 1 is 0.708 bits per heavy atom. The Kier molecular flexibility index (Phi) is 13.3. The van der Waals surface area contributed by atoms with Crippen molar-refractivity contribution in [2.24, 2.45) is 11.5 Å². The van der Waals surface area contributed by atoms with Crippen molar-refractivity contribution in [3.05, 3.63) is 59.2 Å². The van der Waals surface area contributed by atoms with Gasteiger partial charge in [0.2, 0.25) is 0 Å². The van der Waals surface area contributed by atoms with Crippen LogP contribution in [-0.2, 0) is 12.8 Å². The van der Waals surface area contributed by atoms with Crippen molar-refractivity contribution in [2.75, 3.05) is 13.1 Å². The van der Waals surface area contributed by atoms with Gasteiger partial charge in [-0.05, 0) is 13.1 Å². The molecule has 24 heavy (non-hydrogen) atoms. The molecule has 0 aromatic carbocycles. The molecule has 2 aromatic heterocycles. The molecule has 2 rings (SSSR count). The molecule has 0 aliphatic heterocycles. The smallest absolute Gasteiger partial charge is 0.147 e. The summed E-state index contributed by atoms with van der Waals surface area (Å²) in [6.45, 7) is 0.630. The third-order valence-electron chi connectivity index (χ3n) is 2.53. The van der Waals surface area contributed by atoms with Gasteiger partial charge in [-0.2, -0.15) is 0 Å². The molecule has 0 aliphatic carbocycles. The minimum Gasteiger partial charge on any atom is -0.330 e. The number of aromatic nitrogens is 2. The highest BCUT2D eigenvalue weighted by atomic mass is 35.5. The van der Waals surface area contributed by atoms with E-state index in [9.17, 15) is 17.6 Å². The molecule has 136 valence electrons. The molecule has 4 nitrogen and oxygen atoms in total. The van der Waals surface area contributed by atoms with Crippen LogP contribution in [-0.4, -0.2) is 23.1 Å². The molecule has 0 unspecified atom stereocenters. The summed E-state index contributed by atoms with van der Waals surface area (Å²) in [5.41, 5.74) is 10.8. The number of nitrogens with two attached hydrogens (primary N) is 2. The first kappa shape index (κ1) is 24.8. The Labute approximate surface area is 149 Å². The maximum Gasteiger partial charge on any atom is 0.147 e. The van der Waals surface area contributed by atoms with E-state index in [1.54, 1.807) is 0 Å². The first-order chi connectivity index (χ1) is 10.5. The second kappa shape index (κ2) is 12.9. The standard InChI is InChI=1S/2C7H8F2N2.2ClH/c2*8-5-3-6(9)7(1-2-10)11-4-5;;/h2*3-4H,1-2,10H2;2*1H. The minimum absolute atomic E-state index is 0. The molecular weight excluding hydrogens is 371 g/mol. The zero-order valence-electron chi connectivity index (χ0n) is 12.5. The van der Waals surface area contributed by atoms with Gasteiger partial charge in [-0.1, -0.05) is 0 Å². The Balaban J connectivity index is 0. The average Bonchev–Trinajstić information content (AvgIpc) is 2.46. The fraction of sp³-hybridized carbons (Fsp3) is 0.286. The maximum absolute atomic E-state index is 12.7. The van der Waals surface area contributed by atoms with Gasteiger partial charge in [0.25, 0.3) is 0 Å². The van der Waals surface area contributed by atoms with Crippen molar-refractivity contribution in [1.82, 2.24) is 9.97 Å². The van der Waals surface area contributed by atoms with Crippen LogP contribution < -0.4 is 11.5 Å². The second-order valence-electron chi connectivity index (χ2n) is 4.24. The van der Waals surface area contributed by atoms with Gasteiger partial charge in [0, 0.05) is 25.0 Å². The molecule has 0 saturated heterocycles. The van der Waals surface area contributed by atoms with E-state index >= 15 is 0 Å². The average molecular weight is 389 g/mol. The summed E-state index contributed by atoms with van der Waals surface area (Å²) in [5.74, 6) is -2.59. The van der Waals surface area contributed by atoms with Crippen LogP contribution in [0, 0.1) is 23.3 Å². The number of pyridine rings is 2. The van der Waals surface area contributed by atoms with Crippen LogP contribution in [0.4, 0.5) is 17.6 Å². The lowest BCUT2D eigenvalue weighted by Crippen LogP contribution is -2.06. The summed E-state index contributed by atoms with van der Waals surface area (Å²) in [6.07, 6.45) is 2.64. The summed E-state index contributed by atoms with van der Waals surface area (Å²) >= 11 is 0. The Morgan fingerprint density at radius 3 is 1.29 bits per heavy atom. The molecule has 0 aliphatic rings. The van der Waals surface area contributed by atoms with Gasteiger partial charge in [-0.15, -0.1) is 24.8 Å². The van der Waals surface area contributed by atoms with Crippen LogP contribution in [0.3, 0.4) is 0 Å². The quantitative estimate of drug-likeness (QED) is 0.789. The third-order valence-corrected chi connectivity index (χ3v) is 2.53. The molecule has 0 bridgehead atoms. The minimum atomic E-state index is -0.664. The molecule has 0 spiro atoms. The molecule has 2 heterocycles. The SMILES string of the molecule is Cl.Cl.NCCc1ncc(F)cc1F.NCCc1ncc(F)cc1F. The summed E-state index contributed by atoms with van der Waals surface area (Å²) < 4.78 is 49.9. The first-order valence-corrected chi connectivity index (χ1v) is 6.48. The van der Waals surface area contributed by atoms with Crippen LogP contribution >= 0.6 is 24.8 Å². The first-order valence-electron chi connectivity index (χ1n) is 6.48. The van der Waals surface area contributed by atoms with E-state index in [4.69, 9.17) is 11.5 Å². The van der Waals surface area contributed by atoms with Gasteiger partial charge in [0.05, 0.1) is 23.8 Å². The van der Waals surface area contributed by atoms with E-state index in [0.29, 0.717) is 25.9 Å². The second-order valence-corrected chi connectivity index (χ2v) is 4.24. The summed E-state index contributed by atoms with van der Waals surface area (Å²) in [7, 11) is 0. The van der Waals surface area contributed by atoms with Gasteiger partial charge >= 0.3 is 0 Å². The number of halogens is 6. The highest BCUT2D eigenvalue weighted by Crippen LogP contribution is 2.06. The van der Waals surface area contributed by atoms with Crippen molar-refractivity contribution < 1.29 is 17.6 Å². The molecule has 0 saturated carbocycles. The van der Waals surface area contributed by atoms with E-state index in [1.807, 2.05) is 0 Å². The van der Waals surface area contributed by atoms with Crippen molar-refractivity contribution in [1.29, 1.82) is 0 Å². The van der Waals surface area contributed by atoms with Crippen molar-refractivity contribution >= 4 is 24.8 Å². The van der Waals surface area contributed by atoms with Gasteiger partial charge in [0.1, 0.15) is 23.3 Å². The Bertz CT molecular complexity index is 564. The lowest BCUT2D eigenvalue weighted by molar-refractivity contribution is 0.557. The zero-order valence-corrected chi connectivity index (χ0v) is 14.1. The van der Waals surface area contributed by atoms with Crippen LogP contribution in [0.25, 0.3) is 0 Å². The van der Waals surface area contributed by atoms with Gasteiger partial charge in [-0.3, -0.25) is 9.97 Å². The van der Waals surface area contributed by atoms with Gasteiger partial charge < -0.3 is 11.5 Å². The molecule has 4 N–H and O–H groups in total. The van der Waals surface area contributed by atoms with E-state index < -0.39 is 23.3 Å². The highest BCUT2D eigenvalue weighted by molar-refractivity contribution is 5.85. The summed E-state index contributed by atoms with van der Waals surface area (Å²) in [4.78, 5) is 7.08. The molecule has 10 heteroatoms. The van der Waals surface area contributed by atoms with E-state index in [-0.39, 0.29) is 36.2 Å². The van der Waals surface area contributed by atoms with E-state index in [0.717, 1.165) is 24.5 Å². The van der Waals surface area contributed by atoms with Gasteiger partial charge in [0.15, 0.2) is 0 Å². The van der Waals surface area contributed by atoms with Crippen LogP contribution in [0.1, 0.15) is 11.4 Å². The number of rotatable bonds is 4. The largest absolute Gasteiger partial charge is 0.330 e. The van der Waals surface area contributed by atoms with Crippen molar-refractivity contribution in [3.8, 4) is 0 Å². The fourth-order valence-corrected chi connectivity index (χ4v) is 1.53. The normalized spacial score (nSPS) is 9.25. The monoisotopic (exact) mass is 388 g/mol. The lowest BCUT2D eigenvalue weighted by atomic mass is 10.2.